The predicted molar refractivity (Wildman–Crippen MR) is 92.4 cm³/mol. The standard InChI is InChI=1S/C17H20ClNO2S/c1-2-3-12-22(20,21)19-13-14-4-6-15(7-5-14)16-8-10-17(18)11-9-16/h4-11,19H,2-3,12-13H2,1H3. The third kappa shape index (κ3) is 5.13. The molecule has 0 amide bonds. The lowest BCUT2D eigenvalue weighted by Gasteiger charge is -2.07. The zero-order chi connectivity index (χ0) is 16.0. The molecule has 22 heavy (non-hydrogen) atoms. The lowest BCUT2D eigenvalue weighted by Crippen LogP contribution is -2.25. The summed E-state index contributed by atoms with van der Waals surface area (Å²) in [6.07, 6.45) is 1.56. The summed E-state index contributed by atoms with van der Waals surface area (Å²) in [5, 5.41) is 0.710. The van der Waals surface area contributed by atoms with Crippen molar-refractivity contribution in [3.63, 3.8) is 0 Å². The Labute approximate surface area is 137 Å². The van der Waals surface area contributed by atoms with Crippen LogP contribution < -0.4 is 4.72 Å². The molecule has 2 aromatic rings. The number of sulfonamides is 1. The summed E-state index contributed by atoms with van der Waals surface area (Å²) >= 11 is 5.88. The molecule has 118 valence electrons. The molecule has 0 unspecified atom stereocenters. The summed E-state index contributed by atoms with van der Waals surface area (Å²) in [7, 11) is -3.17. The van der Waals surface area contributed by atoms with Crippen molar-refractivity contribution in [2.75, 3.05) is 5.75 Å². The number of rotatable bonds is 7. The number of unbranched alkanes of at least 4 members (excludes halogenated alkanes) is 1. The van der Waals surface area contributed by atoms with Crippen molar-refractivity contribution in [3.8, 4) is 11.1 Å². The van der Waals surface area contributed by atoms with Gasteiger partial charge in [-0.15, -0.1) is 0 Å². The van der Waals surface area contributed by atoms with Gasteiger partial charge in [-0.3, -0.25) is 0 Å². The quantitative estimate of drug-likeness (QED) is 0.822. The van der Waals surface area contributed by atoms with Gasteiger partial charge in [-0.05, 0) is 35.2 Å². The summed E-state index contributed by atoms with van der Waals surface area (Å²) in [4.78, 5) is 0. The first-order chi connectivity index (χ1) is 10.5. The van der Waals surface area contributed by atoms with Gasteiger partial charge in [0.25, 0.3) is 0 Å². The van der Waals surface area contributed by atoms with E-state index in [2.05, 4.69) is 4.72 Å². The van der Waals surface area contributed by atoms with Crippen LogP contribution in [0.3, 0.4) is 0 Å². The molecule has 0 heterocycles. The Kier molecular flexibility index (Phi) is 6.00. The molecule has 0 saturated heterocycles. The van der Waals surface area contributed by atoms with Crippen molar-refractivity contribution in [2.45, 2.75) is 26.3 Å². The number of benzene rings is 2. The van der Waals surface area contributed by atoms with Crippen LogP contribution in [-0.2, 0) is 16.6 Å². The highest BCUT2D eigenvalue weighted by Crippen LogP contribution is 2.21. The molecule has 1 N–H and O–H groups in total. The zero-order valence-electron chi connectivity index (χ0n) is 12.5. The zero-order valence-corrected chi connectivity index (χ0v) is 14.1. The number of hydrogen-bond acceptors (Lipinski definition) is 2. The van der Waals surface area contributed by atoms with Crippen molar-refractivity contribution in [3.05, 3.63) is 59.1 Å². The van der Waals surface area contributed by atoms with Gasteiger partial charge in [0.2, 0.25) is 10.0 Å². The Hall–Kier alpha value is -1.36. The van der Waals surface area contributed by atoms with E-state index in [1.807, 2.05) is 55.5 Å². The maximum atomic E-state index is 11.8. The van der Waals surface area contributed by atoms with Crippen LogP contribution in [-0.4, -0.2) is 14.2 Å². The molecule has 0 aliphatic heterocycles. The minimum absolute atomic E-state index is 0.187. The smallest absolute Gasteiger partial charge is 0.211 e. The Morgan fingerprint density at radius 1 is 0.955 bits per heavy atom. The van der Waals surface area contributed by atoms with Crippen molar-refractivity contribution >= 4 is 21.6 Å². The van der Waals surface area contributed by atoms with E-state index in [9.17, 15) is 8.42 Å². The Morgan fingerprint density at radius 3 is 2.05 bits per heavy atom. The maximum Gasteiger partial charge on any atom is 0.211 e. The van der Waals surface area contributed by atoms with E-state index in [1.165, 1.54) is 0 Å². The highest BCUT2D eigenvalue weighted by Gasteiger charge is 2.08. The second-order valence-electron chi connectivity index (χ2n) is 5.20. The third-order valence-electron chi connectivity index (χ3n) is 3.39. The minimum Gasteiger partial charge on any atom is -0.212 e. The maximum absolute atomic E-state index is 11.8. The predicted octanol–water partition coefficient (Wildman–Crippen LogP) is 4.23. The average molecular weight is 338 g/mol. The van der Waals surface area contributed by atoms with Gasteiger partial charge in [0.05, 0.1) is 5.75 Å². The van der Waals surface area contributed by atoms with Crippen molar-refractivity contribution in [1.29, 1.82) is 0 Å². The van der Waals surface area contributed by atoms with E-state index in [1.54, 1.807) is 0 Å². The van der Waals surface area contributed by atoms with Gasteiger partial charge in [0.1, 0.15) is 0 Å². The summed E-state index contributed by atoms with van der Waals surface area (Å²) in [6, 6.07) is 15.5. The van der Waals surface area contributed by atoms with E-state index in [-0.39, 0.29) is 5.75 Å². The Bertz CT molecular complexity index is 694. The van der Waals surface area contributed by atoms with Gasteiger partial charge >= 0.3 is 0 Å². The summed E-state index contributed by atoms with van der Waals surface area (Å²) < 4.78 is 26.2. The highest BCUT2D eigenvalue weighted by atomic mass is 35.5. The fourth-order valence-corrected chi connectivity index (χ4v) is 3.38. The minimum atomic E-state index is -3.17. The molecule has 0 aromatic heterocycles. The summed E-state index contributed by atoms with van der Waals surface area (Å²) in [6.45, 7) is 2.30. The van der Waals surface area contributed by atoms with Crippen molar-refractivity contribution in [1.82, 2.24) is 4.72 Å². The Balaban J connectivity index is 1.99. The molecule has 2 aromatic carbocycles. The van der Waals surface area contributed by atoms with Crippen LogP contribution in [0.2, 0.25) is 5.02 Å². The summed E-state index contributed by atoms with van der Waals surface area (Å²) in [5.41, 5.74) is 3.10. The normalized spacial score (nSPS) is 11.5. The van der Waals surface area contributed by atoms with Crippen LogP contribution in [0.5, 0.6) is 0 Å². The topological polar surface area (TPSA) is 46.2 Å². The van der Waals surface area contributed by atoms with Crippen LogP contribution >= 0.6 is 11.6 Å². The van der Waals surface area contributed by atoms with E-state index in [0.29, 0.717) is 18.0 Å². The molecule has 0 radical (unpaired) electrons. The second kappa shape index (κ2) is 7.77. The monoisotopic (exact) mass is 337 g/mol. The SMILES string of the molecule is CCCCS(=O)(=O)NCc1ccc(-c2ccc(Cl)cc2)cc1. The first-order valence-electron chi connectivity index (χ1n) is 7.32. The molecule has 2 rings (SSSR count). The molecule has 0 fully saturated rings. The number of hydrogen-bond donors (Lipinski definition) is 1. The molecular formula is C17H20ClNO2S. The van der Waals surface area contributed by atoms with Gasteiger partial charge in [0, 0.05) is 11.6 Å². The van der Waals surface area contributed by atoms with Gasteiger partial charge in [0.15, 0.2) is 0 Å². The van der Waals surface area contributed by atoms with E-state index in [4.69, 9.17) is 11.6 Å². The molecule has 0 aliphatic rings. The lowest BCUT2D eigenvalue weighted by atomic mass is 10.0. The molecule has 0 spiro atoms. The molecule has 0 saturated carbocycles. The van der Waals surface area contributed by atoms with Crippen LogP contribution in [0.25, 0.3) is 11.1 Å². The molecular weight excluding hydrogens is 318 g/mol. The van der Waals surface area contributed by atoms with Gasteiger partial charge in [-0.2, -0.15) is 0 Å². The van der Waals surface area contributed by atoms with Crippen LogP contribution in [0.4, 0.5) is 0 Å². The van der Waals surface area contributed by atoms with E-state index >= 15 is 0 Å². The fraction of sp³-hybridized carbons (Fsp3) is 0.294. The number of halogens is 1. The van der Waals surface area contributed by atoms with Crippen molar-refractivity contribution < 1.29 is 8.42 Å². The van der Waals surface area contributed by atoms with E-state index in [0.717, 1.165) is 23.1 Å². The van der Waals surface area contributed by atoms with E-state index < -0.39 is 10.0 Å². The molecule has 0 aliphatic carbocycles. The molecule has 0 bridgehead atoms. The van der Waals surface area contributed by atoms with Crippen molar-refractivity contribution in [2.24, 2.45) is 0 Å². The fourth-order valence-electron chi connectivity index (χ4n) is 2.06. The van der Waals surface area contributed by atoms with Crippen LogP contribution in [0.15, 0.2) is 48.5 Å². The van der Waals surface area contributed by atoms with Gasteiger partial charge in [-0.25, -0.2) is 13.1 Å². The lowest BCUT2D eigenvalue weighted by molar-refractivity contribution is 0.578. The third-order valence-corrected chi connectivity index (χ3v) is 5.06. The first-order valence-corrected chi connectivity index (χ1v) is 9.35. The average Bonchev–Trinajstić information content (AvgIpc) is 2.52. The van der Waals surface area contributed by atoms with Gasteiger partial charge < -0.3 is 0 Å². The van der Waals surface area contributed by atoms with Crippen LogP contribution in [0.1, 0.15) is 25.3 Å². The molecule has 5 heteroatoms. The molecule has 3 nitrogen and oxygen atoms in total. The van der Waals surface area contributed by atoms with Gasteiger partial charge in [-0.1, -0.05) is 61.3 Å². The molecule has 0 atom stereocenters. The largest absolute Gasteiger partial charge is 0.212 e. The van der Waals surface area contributed by atoms with Crippen LogP contribution in [0, 0.1) is 0 Å². The summed E-state index contributed by atoms with van der Waals surface area (Å²) in [5.74, 6) is 0.187. The second-order valence-corrected chi connectivity index (χ2v) is 7.56. The first kappa shape index (κ1) is 17.0. The Morgan fingerprint density at radius 2 is 1.50 bits per heavy atom. The number of nitrogens with one attached hydrogen (secondary N) is 1. The highest BCUT2D eigenvalue weighted by molar-refractivity contribution is 7.89.